The maximum absolute atomic E-state index is 12.9. The third-order valence-corrected chi connectivity index (χ3v) is 2.77. The van der Waals surface area contributed by atoms with Gasteiger partial charge in [-0.2, -0.15) is 0 Å². The summed E-state index contributed by atoms with van der Waals surface area (Å²) in [7, 11) is 0. The van der Waals surface area contributed by atoms with Gasteiger partial charge in [-0.3, -0.25) is 9.69 Å². The van der Waals surface area contributed by atoms with E-state index in [1.165, 1.54) is 18.4 Å². The number of hydrogen-bond donors (Lipinski definition) is 1. The molecule has 2 aromatic rings. The van der Waals surface area contributed by atoms with Gasteiger partial charge in [0, 0.05) is 18.7 Å². The number of rotatable bonds is 7. The highest BCUT2D eigenvalue weighted by molar-refractivity contribution is 5.69. The van der Waals surface area contributed by atoms with Gasteiger partial charge >= 0.3 is 5.97 Å². The van der Waals surface area contributed by atoms with Crippen LogP contribution in [0.25, 0.3) is 11.5 Å². The molecule has 1 aromatic carbocycles. The van der Waals surface area contributed by atoms with Crippen molar-refractivity contribution in [1.82, 2.24) is 9.88 Å². The molecule has 21 heavy (non-hydrogen) atoms. The van der Waals surface area contributed by atoms with E-state index in [9.17, 15) is 9.18 Å². The minimum atomic E-state index is -0.917. The lowest BCUT2D eigenvalue weighted by Crippen LogP contribution is -2.29. The van der Waals surface area contributed by atoms with Crippen LogP contribution < -0.4 is 0 Å². The fourth-order valence-electron chi connectivity index (χ4n) is 1.89. The van der Waals surface area contributed by atoms with E-state index in [0.29, 0.717) is 30.2 Å². The molecule has 0 aliphatic rings. The van der Waals surface area contributed by atoms with Crippen LogP contribution in [0.15, 0.2) is 47.6 Å². The van der Waals surface area contributed by atoms with Crippen LogP contribution in [0.3, 0.4) is 0 Å². The van der Waals surface area contributed by atoms with E-state index in [-0.39, 0.29) is 12.4 Å². The minimum Gasteiger partial charge on any atom is -0.480 e. The van der Waals surface area contributed by atoms with Crippen LogP contribution in [0.5, 0.6) is 0 Å². The number of carboxylic acid groups (broad SMARTS) is 1. The van der Waals surface area contributed by atoms with Gasteiger partial charge in [0.05, 0.1) is 12.2 Å². The number of benzene rings is 1. The monoisotopic (exact) mass is 290 g/mol. The Morgan fingerprint density at radius 1 is 1.43 bits per heavy atom. The van der Waals surface area contributed by atoms with E-state index >= 15 is 0 Å². The third-order valence-electron chi connectivity index (χ3n) is 2.77. The van der Waals surface area contributed by atoms with E-state index in [2.05, 4.69) is 11.6 Å². The lowest BCUT2D eigenvalue weighted by Gasteiger charge is -2.16. The first kappa shape index (κ1) is 14.9. The molecule has 6 heteroatoms. The molecule has 0 saturated carbocycles. The topological polar surface area (TPSA) is 66.6 Å². The maximum Gasteiger partial charge on any atom is 0.317 e. The molecule has 0 saturated heterocycles. The Morgan fingerprint density at radius 3 is 2.76 bits per heavy atom. The molecule has 0 bridgehead atoms. The molecule has 0 radical (unpaired) electrons. The predicted octanol–water partition coefficient (Wildman–Crippen LogP) is 2.55. The van der Waals surface area contributed by atoms with Crippen LogP contribution >= 0.6 is 0 Å². The number of aromatic nitrogens is 1. The Bertz CT molecular complexity index is 622. The minimum absolute atomic E-state index is 0.106. The zero-order chi connectivity index (χ0) is 15.2. The second-order valence-electron chi connectivity index (χ2n) is 4.50. The second kappa shape index (κ2) is 6.81. The molecular formula is C15H15FN2O3. The zero-order valence-electron chi connectivity index (χ0n) is 11.3. The number of halogens is 1. The first-order valence-electron chi connectivity index (χ1n) is 6.34. The molecule has 0 spiro atoms. The Hall–Kier alpha value is -2.47. The van der Waals surface area contributed by atoms with Crippen molar-refractivity contribution >= 4 is 5.97 Å². The van der Waals surface area contributed by atoms with E-state index in [0.717, 1.165) is 0 Å². The molecule has 2 rings (SSSR count). The number of nitrogens with zero attached hydrogens (tertiary/aromatic N) is 2. The molecule has 0 aliphatic carbocycles. The van der Waals surface area contributed by atoms with Gasteiger partial charge in [0.2, 0.25) is 5.89 Å². The molecular weight excluding hydrogens is 275 g/mol. The van der Waals surface area contributed by atoms with Crippen molar-refractivity contribution < 1.29 is 18.7 Å². The van der Waals surface area contributed by atoms with Gasteiger partial charge in [-0.05, 0) is 24.3 Å². The maximum atomic E-state index is 12.9. The number of oxazole rings is 1. The molecule has 5 nitrogen and oxygen atoms in total. The number of aliphatic carboxylic acids is 1. The fraction of sp³-hybridized carbons (Fsp3) is 0.200. The molecule has 110 valence electrons. The number of carboxylic acids is 1. The summed E-state index contributed by atoms with van der Waals surface area (Å²) in [5, 5.41) is 8.84. The molecule has 0 unspecified atom stereocenters. The summed E-state index contributed by atoms with van der Waals surface area (Å²) in [6.07, 6.45) is 3.10. The van der Waals surface area contributed by atoms with Gasteiger partial charge in [-0.15, -0.1) is 6.58 Å². The van der Waals surface area contributed by atoms with Crippen molar-refractivity contribution in [3.63, 3.8) is 0 Å². The zero-order valence-corrected chi connectivity index (χ0v) is 11.3. The first-order chi connectivity index (χ1) is 10.1. The van der Waals surface area contributed by atoms with Gasteiger partial charge in [0.15, 0.2) is 0 Å². The summed E-state index contributed by atoms with van der Waals surface area (Å²) < 4.78 is 18.2. The SMILES string of the molecule is C=CCN(CC(=O)O)Cc1coc(-c2ccc(F)cc2)n1. The molecule has 1 heterocycles. The summed E-state index contributed by atoms with van der Waals surface area (Å²) in [4.78, 5) is 16.7. The Morgan fingerprint density at radius 2 is 2.14 bits per heavy atom. The third kappa shape index (κ3) is 4.25. The number of carbonyl (C=O) groups is 1. The Kier molecular flexibility index (Phi) is 4.84. The predicted molar refractivity (Wildman–Crippen MR) is 75.0 cm³/mol. The second-order valence-corrected chi connectivity index (χ2v) is 4.50. The first-order valence-corrected chi connectivity index (χ1v) is 6.34. The summed E-state index contributed by atoms with van der Waals surface area (Å²) in [6, 6.07) is 5.80. The molecule has 1 N–H and O–H groups in total. The van der Waals surface area contributed by atoms with Gasteiger partial charge < -0.3 is 9.52 Å². The summed E-state index contributed by atoms with van der Waals surface area (Å²) >= 11 is 0. The summed E-state index contributed by atoms with van der Waals surface area (Å²) in [5.41, 5.74) is 1.27. The van der Waals surface area contributed by atoms with E-state index in [1.807, 2.05) is 0 Å². The van der Waals surface area contributed by atoms with Crippen LogP contribution in [-0.2, 0) is 11.3 Å². The molecule has 0 aliphatic heterocycles. The summed E-state index contributed by atoms with van der Waals surface area (Å²) in [6.45, 7) is 4.26. The standard InChI is InChI=1S/C15H15FN2O3/c1-2-7-18(9-14(19)20)8-13-10-21-15(17-13)11-3-5-12(16)6-4-11/h2-6,10H,1,7-9H2,(H,19,20). The van der Waals surface area contributed by atoms with Crippen LogP contribution in [0.1, 0.15) is 5.69 Å². The lowest BCUT2D eigenvalue weighted by molar-refractivity contribution is -0.138. The summed E-state index contributed by atoms with van der Waals surface area (Å²) in [5.74, 6) is -0.873. The van der Waals surface area contributed by atoms with Crippen molar-refractivity contribution in [2.24, 2.45) is 0 Å². The highest BCUT2D eigenvalue weighted by Gasteiger charge is 2.13. The fourth-order valence-corrected chi connectivity index (χ4v) is 1.89. The highest BCUT2D eigenvalue weighted by Crippen LogP contribution is 2.19. The van der Waals surface area contributed by atoms with Crippen molar-refractivity contribution in [2.75, 3.05) is 13.1 Å². The quantitative estimate of drug-likeness (QED) is 0.794. The van der Waals surface area contributed by atoms with Crippen molar-refractivity contribution in [2.45, 2.75) is 6.54 Å². The van der Waals surface area contributed by atoms with Crippen LogP contribution in [-0.4, -0.2) is 34.0 Å². The highest BCUT2D eigenvalue weighted by atomic mass is 19.1. The van der Waals surface area contributed by atoms with E-state index in [1.54, 1.807) is 23.1 Å². The lowest BCUT2D eigenvalue weighted by atomic mass is 10.2. The molecule has 1 aromatic heterocycles. The van der Waals surface area contributed by atoms with Gasteiger partial charge in [0.25, 0.3) is 0 Å². The van der Waals surface area contributed by atoms with E-state index < -0.39 is 5.97 Å². The number of hydrogen-bond acceptors (Lipinski definition) is 4. The van der Waals surface area contributed by atoms with Gasteiger partial charge in [-0.1, -0.05) is 6.08 Å². The molecule has 0 fully saturated rings. The molecule has 0 atom stereocenters. The van der Waals surface area contributed by atoms with Crippen molar-refractivity contribution in [3.8, 4) is 11.5 Å². The van der Waals surface area contributed by atoms with Crippen molar-refractivity contribution in [3.05, 3.63) is 54.7 Å². The van der Waals surface area contributed by atoms with E-state index in [4.69, 9.17) is 9.52 Å². The van der Waals surface area contributed by atoms with Gasteiger partial charge in [0.1, 0.15) is 12.1 Å². The largest absolute Gasteiger partial charge is 0.480 e. The van der Waals surface area contributed by atoms with Crippen molar-refractivity contribution in [1.29, 1.82) is 0 Å². The smallest absolute Gasteiger partial charge is 0.317 e. The average Bonchev–Trinajstić information content (AvgIpc) is 2.87. The van der Waals surface area contributed by atoms with Crippen LogP contribution in [0.4, 0.5) is 4.39 Å². The molecule has 0 amide bonds. The Labute approximate surface area is 121 Å². The van der Waals surface area contributed by atoms with Crippen LogP contribution in [0.2, 0.25) is 0 Å². The van der Waals surface area contributed by atoms with Crippen LogP contribution in [0, 0.1) is 5.82 Å². The normalized spacial score (nSPS) is 10.8. The Balaban J connectivity index is 2.09. The average molecular weight is 290 g/mol. The van der Waals surface area contributed by atoms with Gasteiger partial charge in [-0.25, -0.2) is 9.37 Å².